The number of rotatable bonds is 12. The highest BCUT2D eigenvalue weighted by Gasteiger charge is 2.26. The van der Waals surface area contributed by atoms with Crippen molar-refractivity contribution in [3.05, 3.63) is 61.5 Å². The monoisotopic (exact) mass is 478 g/mol. The Kier molecular flexibility index (Phi) is 9.52. The number of nitrogens with zero attached hydrogens (tertiary/aromatic N) is 2. The number of hydrogen-bond donors (Lipinski definition) is 3. The number of aromatic hydroxyl groups is 1. The normalized spacial score (nSPS) is 13.1. The van der Waals surface area contributed by atoms with Gasteiger partial charge in [0.25, 0.3) is 10.9 Å². The van der Waals surface area contributed by atoms with Gasteiger partial charge in [-0.1, -0.05) is 30.7 Å². The zero-order chi connectivity index (χ0) is 23.8. The number of hydroxylamine groups is 1. The number of hydrogen-bond acceptors (Lipinski definition) is 9. The van der Waals surface area contributed by atoms with Crippen LogP contribution in [0, 0.1) is 0 Å². The molecule has 0 aliphatic heterocycles. The lowest BCUT2D eigenvalue weighted by atomic mass is 10.1. The molecule has 0 heterocycles. The summed E-state index contributed by atoms with van der Waals surface area (Å²) >= 11 is 7.35. The highest BCUT2D eigenvalue weighted by atomic mass is 35.5. The summed E-state index contributed by atoms with van der Waals surface area (Å²) in [6, 6.07) is 2.80. The van der Waals surface area contributed by atoms with E-state index in [4.69, 9.17) is 16.4 Å². The minimum atomic E-state index is -0.677. The third-order valence-electron chi connectivity index (χ3n) is 4.63. The van der Waals surface area contributed by atoms with Gasteiger partial charge in [0, 0.05) is 6.54 Å². The van der Waals surface area contributed by atoms with Crippen molar-refractivity contribution in [2.45, 2.75) is 38.1 Å². The SMILES string of the molecule is C=N/C(=C\C=C/C)C(CC)Nc1c(Nc2ccc(Cl)c(SN(CC)OC)c2O)c(=O)c1=O. The highest BCUT2D eigenvalue weighted by molar-refractivity contribution is 7.97. The first-order chi connectivity index (χ1) is 15.3. The van der Waals surface area contributed by atoms with Crippen LogP contribution in [0.1, 0.15) is 27.2 Å². The number of aliphatic imine (C=N–C) groups is 1. The molecule has 0 radical (unpaired) electrons. The average Bonchev–Trinajstić information content (AvgIpc) is 2.81. The maximum absolute atomic E-state index is 12.3. The molecule has 0 spiro atoms. The van der Waals surface area contributed by atoms with E-state index in [1.54, 1.807) is 12.1 Å². The maximum Gasteiger partial charge on any atom is 0.253 e. The van der Waals surface area contributed by atoms with Gasteiger partial charge in [0.15, 0.2) is 5.75 Å². The van der Waals surface area contributed by atoms with Crippen molar-refractivity contribution in [3.63, 3.8) is 0 Å². The minimum Gasteiger partial charge on any atom is -0.505 e. The Morgan fingerprint density at radius 3 is 2.59 bits per heavy atom. The fraction of sp³-hybridized carbons (Fsp3) is 0.318. The lowest BCUT2D eigenvalue weighted by Gasteiger charge is -2.23. The number of allylic oxidation sites excluding steroid dienone is 3. The smallest absolute Gasteiger partial charge is 0.253 e. The molecule has 0 fully saturated rings. The van der Waals surface area contributed by atoms with Gasteiger partial charge in [-0.3, -0.25) is 19.4 Å². The molecule has 10 heteroatoms. The van der Waals surface area contributed by atoms with Crippen molar-refractivity contribution in [3.8, 4) is 5.75 Å². The van der Waals surface area contributed by atoms with Gasteiger partial charge in [0.1, 0.15) is 11.4 Å². The molecule has 0 bridgehead atoms. The van der Waals surface area contributed by atoms with Crippen LogP contribution in [0.2, 0.25) is 5.02 Å². The fourth-order valence-electron chi connectivity index (χ4n) is 2.88. The van der Waals surface area contributed by atoms with Crippen molar-refractivity contribution >= 4 is 47.3 Å². The quantitative estimate of drug-likeness (QED) is 0.101. The summed E-state index contributed by atoms with van der Waals surface area (Å²) in [7, 11) is 1.51. The molecule has 8 nitrogen and oxygen atoms in total. The zero-order valence-electron chi connectivity index (χ0n) is 18.4. The first-order valence-electron chi connectivity index (χ1n) is 10.00. The van der Waals surface area contributed by atoms with Crippen LogP contribution in [0.5, 0.6) is 5.75 Å². The average molecular weight is 479 g/mol. The summed E-state index contributed by atoms with van der Waals surface area (Å²) < 4.78 is 1.53. The molecule has 0 aromatic heterocycles. The highest BCUT2D eigenvalue weighted by Crippen LogP contribution is 2.43. The van der Waals surface area contributed by atoms with Gasteiger partial charge in [-0.05, 0) is 57.1 Å². The van der Waals surface area contributed by atoms with Crippen LogP contribution in [-0.2, 0) is 4.84 Å². The molecule has 2 aromatic carbocycles. The van der Waals surface area contributed by atoms with Crippen molar-refractivity contribution in [2.24, 2.45) is 4.99 Å². The molecule has 0 saturated carbocycles. The van der Waals surface area contributed by atoms with Gasteiger partial charge in [-0.25, -0.2) is 0 Å². The van der Waals surface area contributed by atoms with Crippen molar-refractivity contribution in [1.29, 1.82) is 0 Å². The molecular weight excluding hydrogens is 452 g/mol. The van der Waals surface area contributed by atoms with Crippen molar-refractivity contribution in [2.75, 3.05) is 24.3 Å². The lowest BCUT2D eigenvalue weighted by molar-refractivity contribution is -0.0333. The van der Waals surface area contributed by atoms with Crippen LogP contribution in [0.25, 0.3) is 0 Å². The predicted octanol–water partition coefficient (Wildman–Crippen LogP) is 4.63. The standard InChI is InChI=1S/C22H27ClN4O4S/c1-6-9-10-15(24-4)14(7-2)25-17-18(21(30)20(17)29)26-16-12-11-13(23)22(19(16)28)32-27(8-3)31-5/h6,9-12,14,25-26,28H,4,7-8H2,1-3,5H3/b9-6-,15-10-. The Hall–Kier alpha value is -2.59. The second-order valence-electron chi connectivity index (χ2n) is 6.61. The Morgan fingerprint density at radius 1 is 1.34 bits per heavy atom. The van der Waals surface area contributed by atoms with Crippen LogP contribution in [0.3, 0.4) is 0 Å². The van der Waals surface area contributed by atoms with Gasteiger partial charge in [-0.15, -0.1) is 4.47 Å². The van der Waals surface area contributed by atoms with Gasteiger partial charge >= 0.3 is 0 Å². The van der Waals surface area contributed by atoms with Crippen LogP contribution >= 0.6 is 23.5 Å². The van der Waals surface area contributed by atoms with E-state index in [0.717, 1.165) is 11.9 Å². The summed E-state index contributed by atoms with van der Waals surface area (Å²) in [6.07, 6.45) is 6.07. The van der Waals surface area contributed by atoms with Gasteiger partial charge in [0.2, 0.25) is 0 Å². The van der Waals surface area contributed by atoms with E-state index in [9.17, 15) is 14.7 Å². The third kappa shape index (κ3) is 5.60. The van der Waals surface area contributed by atoms with E-state index in [1.165, 1.54) is 17.6 Å². The fourth-order valence-corrected chi connectivity index (χ4v) is 3.90. The van der Waals surface area contributed by atoms with Crippen molar-refractivity contribution in [1.82, 2.24) is 4.47 Å². The summed E-state index contributed by atoms with van der Waals surface area (Å²) in [4.78, 5) is 34.1. The van der Waals surface area contributed by atoms with E-state index in [-0.39, 0.29) is 28.9 Å². The van der Waals surface area contributed by atoms with Crippen LogP contribution < -0.4 is 21.5 Å². The Labute approximate surface area is 196 Å². The number of nitrogens with one attached hydrogen (secondary N) is 2. The Morgan fingerprint density at radius 2 is 2.03 bits per heavy atom. The van der Waals surface area contributed by atoms with E-state index in [2.05, 4.69) is 22.3 Å². The molecule has 3 N–H and O–H groups in total. The first-order valence-corrected chi connectivity index (χ1v) is 11.1. The number of anilines is 3. The van der Waals surface area contributed by atoms with E-state index in [1.807, 2.05) is 32.9 Å². The van der Waals surface area contributed by atoms with Gasteiger partial charge in [0.05, 0.1) is 34.5 Å². The number of phenolic OH excluding ortho intramolecular Hbond substituents is 1. The molecule has 172 valence electrons. The number of phenols is 1. The minimum absolute atomic E-state index is 0.0653. The molecule has 0 aliphatic rings. The van der Waals surface area contributed by atoms with Crippen molar-refractivity contribution < 1.29 is 9.94 Å². The maximum atomic E-state index is 12.3. The molecule has 0 aliphatic carbocycles. The van der Waals surface area contributed by atoms with E-state index >= 15 is 0 Å². The Balaban J connectivity index is 2.37. The van der Waals surface area contributed by atoms with Crippen LogP contribution in [0.15, 0.2) is 55.5 Å². The largest absolute Gasteiger partial charge is 0.505 e. The molecule has 1 atom stereocenters. The van der Waals surface area contributed by atoms with E-state index in [0.29, 0.717) is 28.6 Å². The van der Waals surface area contributed by atoms with Gasteiger partial charge in [-0.2, -0.15) is 0 Å². The number of benzene rings is 1. The predicted molar refractivity (Wildman–Crippen MR) is 133 cm³/mol. The lowest BCUT2D eigenvalue weighted by Crippen LogP contribution is -2.39. The molecular formula is C22H27ClN4O4S. The third-order valence-corrected chi connectivity index (χ3v) is 6.27. The second kappa shape index (κ2) is 11.9. The Bertz CT molecular complexity index is 1090. The molecule has 2 aromatic rings. The van der Waals surface area contributed by atoms with E-state index < -0.39 is 10.9 Å². The van der Waals surface area contributed by atoms with Gasteiger partial charge < -0.3 is 15.7 Å². The zero-order valence-corrected chi connectivity index (χ0v) is 20.0. The molecule has 32 heavy (non-hydrogen) atoms. The van der Waals surface area contributed by atoms with Crippen LogP contribution in [0.4, 0.5) is 17.1 Å². The topological polar surface area (TPSA) is 103 Å². The summed E-state index contributed by atoms with van der Waals surface area (Å²) in [5.74, 6) is -0.162. The molecule has 0 amide bonds. The summed E-state index contributed by atoms with van der Waals surface area (Å²) in [5, 5.41) is 17.0. The molecule has 1 unspecified atom stereocenters. The number of halogens is 1. The summed E-state index contributed by atoms with van der Waals surface area (Å²) in [5.41, 5.74) is -0.248. The first kappa shape index (κ1) is 25.7. The summed E-state index contributed by atoms with van der Waals surface area (Å²) in [6.45, 7) is 9.81. The second-order valence-corrected chi connectivity index (χ2v) is 8.01. The molecule has 2 rings (SSSR count). The van der Waals surface area contributed by atoms with Crippen LogP contribution in [-0.4, -0.2) is 36.0 Å². The molecule has 0 saturated heterocycles.